The third kappa shape index (κ3) is 2.49. The second-order valence-corrected chi connectivity index (χ2v) is 2.78. The zero-order chi connectivity index (χ0) is 8.97. The number of benzene rings is 1. The molecular formula is C9H10BFO. The van der Waals surface area contributed by atoms with Crippen molar-refractivity contribution in [3.8, 4) is 0 Å². The molecule has 1 aromatic rings. The van der Waals surface area contributed by atoms with E-state index in [1.54, 1.807) is 24.3 Å². The first-order valence-corrected chi connectivity index (χ1v) is 3.88. The molecule has 0 aliphatic carbocycles. The van der Waals surface area contributed by atoms with Gasteiger partial charge in [-0.1, -0.05) is 30.3 Å². The summed E-state index contributed by atoms with van der Waals surface area (Å²) in [5.41, 5.74) is 0.577. The standard InChI is InChI=1S/C9H10BFO/c1-8(12)7-10(11)9-5-3-2-4-6-9/h2-6H,7H2,1H3. The second-order valence-electron chi connectivity index (χ2n) is 2.78. The van der Waals surface area contributed by atoms with E-state index in [-0.39, 0.29) is 12.1 Å². The van der Waals surface area contributed by atoms with E-state index in [0.29, 0.717) is 5.46 Å². The Labute approximate surface area is 71.7 Å². The Morgan fingerprint density at radius 1 is 1.42 bits per heavy atom. The molecule has 1 nitrogen and oxygen atoms in total. The van der Waals surface area contributed by atoms with Gasteiger partial charge in [-0.15, -0.1) is 0 Å². The predicted molar refractivity (Wildman–Crippen MR) is 48.4 cm³/mol. The largest absolute Gasteiger partial charge is 0.388 e. The van der Waals surface area contributed by atoms with Crippen molar-refractivity contribution in [3.63, 3.8) is 0 Å². The van der Waals surface area contributed by atoms with E-state index in [9.17, 15) is 9.11 Å². The Morgan fingerprint density at radius 2 is 2.00 bits per heavy atom. The van der Waals surface area contributed by atoms with Crippen LogP contribution in [-0.4, -0.2) is 12.8 Å². The topological polar surface area (TPSA) is 17.1 Å². The van der Waals surface area contributed by atoms with Gasteiger partial charge < -0.3 is 9.11 Å². The van der Waals surface area contributed by atoms with Crippen LogP contribution >= 0.6 is 0 Å². The SMILES string of the molecule is CC(=O)CB(F)c1ccccc1. The minimum Gasteiger partial charge on any atom is -0.329 e. The van der Waals surface area contributed by atoms with Crippen LogP contribution in [0.2, 0.25) is 6.32 Å². The van der Waals surface area contributed by atoms with Crippen molar-refractivity contribution in [1.82, 2.24) is 0 Å². The third-order valence-electron chi connectivity index (χ3n) is 1.63. The molecule has 0 aliphatic heterocycles. The fraction of sp³-hybridized carbons (Fsp3) is 0.222. The summed E-state index contributed by atoms with van der Waals surface area (Å²) >= 11 is 0. The molecule has 0 bridgehead atoms. The molecule has 12 heavy (non-hydrogen) atoms. The van der Waals surface area contributed by atoms with Gasteiger partial charge in [0.1, 0.15) is 5.78 Å². The van der Waals surface area contributed by atoms with Gasteiger partial charge in [0.2, 0.25) is 0 Å². The summed E-state index contributed by atoms with van der Waals surface area (Å²) in [7, 11) is 0. The molecule has 62 valence electrons. The molecule has 3 heteroatoms. The van der Waals surface area contributed by atoms with Gasteiger partial charge in [0, 0.05) is 6.32 Å². The van der Waals surface area contributed by atoms with Crippen LogP contribution in [0.5, 0.6) is 0 Å². The molecule has 0 heterocycles. The molecule has 1 rings (SSSR count). The lowest BCUT2D eigenvalue weighted by Gasteiger charge is -2.00. The van der Waals surface area contributed by atoms with E-state index < -0.39 is 6.99 Å². The van der Waals surface area contributed by atoms with Crippen LogP contribution in [0.4, 0.5) is 4.32 Å². The van der Waals surface area contributed by atoms with Crippen LogP contribution in [0.3, 0.4) is 0 Å². The van der Waals surface area contributed by atoms with Gasteiger partial charge in [-0.05, 0) is 12.4 Å². The number of carbonyl (C=O) groups excluding carboxylic acids is 1. The number of halogens is 1. The van der Waals surface area contributed by atoms with Gasteiger partial charge in [-0.25, -0.2) is 0 Å². The number of Topliss-reactive ketones (excluding diaryl/α,β-unsaturated/α-hetero) is 1. The summed E-state index contributed by atoms with van der Waals surface area (Å²) in [5, 5.41) is 0. The first kappa shape index (κ1) is 8.98. The van der Waals surface area contributed by atoms with Crippen molar-refractivity contribution in [2.45, 2.75) is 13.2 Å². The minimum absolute atomic E-state index is 0.0238. The van der Waals surface area contributed by atoms with Gasteiger partial charge in [-0.3, -0.25) is 0 Å². The summed E-state index contributed by atoms with van der Waals surface area (Å²) in [6.45, 7) is 0.249. The van der Waals surface area contributed by atoms with Gasteiger partial charge >= 0.3 is 6.99 Å². The van der Waals surface area contributed by atoms with Gasteiger partial charge in [0.25, 0.3) is 0 Å². The quantitative estimate of drug-likeness (QED) is 0.617. The Kier molecular flexibility index (Phi) is 3.03. The van der Waals surface area contributed by atoms with Crippen LogP contribution < -0.4 is 5.46 Å². The molecule has 0 aromatic heterocycles. The van der Waals surface area contributed by atoms with Crippen molar-refractivity contribution in [2.24, 2.45) is 0 Å². The number of hydrogen-bond donors (Lipinski definition) is 0. The number of rotatable bonds is 3. The van der Waals surface area contributed by atoms with Crippen LogP contribution in [0.25, 0.3) is 0 Å². The Hall–Kier alpha value is -1.12. The van der Waals surface area contributed by atoms with Crippen molar-refractivity contribution in [1.29, 1.82) is 0 Å². The average molecular weight is 164 g/mol. The molecule has 0 radical (unpaired) electrons. The molecule has 0 atom stereocenters. The lowest BCUT2D eigenvalue weighted by molar-refractivity contribution is -0.115. The lowest BCUT2D eigenvalue weighted by atomic mass is 9.61. The summed E-state index contributed by atoms with van der Waals surface area (Å²) in [6.07, 6.45) is -0.0238. The van der Waals surface area contributed by atoms with Gasteiger partial charge in [0.05, 0.1) is 0 Å². The van der Waals surface area contributed by atoms with Gasteiger partial charge in [-0.2, -0.15) is 0 Å². The molecule has 0 saturated carbocycles. The number of ketones is 1. The van der Waals surface area contributed by atoms with Crippen molar-refractivity contribution < 1.29 is 9.11 Å². The molecule has 0 fully saturated rings. The van der Waals surface area contributed by atoms with Crippen molar-refractivity contribution >= 4 is 18.2 Å². The van der Waals surface area contributed by atoms with E-state index in [4.69, 9.17) is 0 Å². The maximum Gasteiger partial charge on any atom is 0.388 e. The number of carbonyl (C=O) groups is 1. The molecule has 0 aliphatic rings. The maximum absolute atomic E-state index is 13.2. The monoisotopic (exact) mass is 164 g/mol. The summed E-state index contributed by atoms with van der Waals surface area (Å²) in [5.74, 6) is -0.119. The van der Waals surface area contributed by atoms with Crippen molar-refractivity contribution in [3.05, 3.63) is 30.3 Å². The first-order chi connectivity index (χ1) is 5.70. The maximum atomic E-state index is 13.2. The molecular weight excluding hydrogens is 154 g/mol. The highest BCUT2D eigenvalue weighted by Crippen LogP contribution is 1.96. The van der Waals surface area contributed by atoms with E-state index >= 15 is 0 Å². The minimum atomic E-state index is -1.15. The van der Waals surface area contributed by atoms with Crippen LogP contribution in [-0.2, 0) is 4.79 Å². The highest BCUT2D eigenvalue weighted by molar-refractivity contribution is 6.69. The van der Waals surface area contributed by atoms with Crippen LogP contribution in [0.15, 0.2) is 30.3 Å². The highest BCUT2D eigenvalue weighted by Gasteiger charge is 2.17. The van der Waals surface area contributed by atoms with E-state index in [1.807, 2.05) is 6.07 Å². The molecule has 0 N–H and O–H groups in total. The van der Waals surface area contributed by atoms with E-state index in [1.165, 1.54) is 6.92 Å². The molecule has 0 unspecified atom stereocenters. The van der Waals surface area contributed by atoms with Crippen LogP contribution in [0, 0.1) is 0 Å². The van der Waals surface area contributed by atoms with Gasteiger partial charge in [0.15, 0.2) is 0 Å². The zero-order valence-electron chi connectivity index (χ0n) is 6.96. The third-order valence-corrected chi connectivity index (χ3v) is 1.63. The summed E-state index contributed by atoms with van der Waals surface area (Å²) < 4.78 is 13.2. The Morgan fingerprint density at radius 3 is 2.50 bits per heavy atom. The normalized spacial score (nSPS) is 9.50. The fourth-order valence-electron chi connectivity index (χ4n) is 1.03. The summed E-state index contributed by atoms with van der Waals surface area (Å²) in [6, 6.07) is 8.73. The Balaban J connectivity index is 2.65. The number of hydrogen-bond acceptors (Lipinski definition) is 1. The second kappa shape index (κ2) is 4.05. The molecule has 0 spiro atoms. The smallest absolute Gasteiger partial charge is 0.329 e. The molecule has 1 aromatic carbocycles. The highest BCUT2D eigenvalue weighted by atomic mass is 19.1. The first-order valence-electron chi connectivity index (χ1n) is 3.88. The zero-order valence-corrected chi connectivity index (χ0v) is 6.96. The lowest BCUT2D eigenvalue weighted by Crippen LogP contribution is -2.26. The summed E-state index contributed by atoms with van der Waals surface area (Å²) in [4.78, 5) is 10.6. The fourth-order valence-corrected chi connectivity index (χ4v) is 1.03. The molecule has 0 saturated heterocycles. The van der Waals surface area contributed by atoms with E-state index in [0.717, 1.165) is 0 Å². The van der Waals surface area contributed by atoms with E-state index in [2.05, 4.69) is 0 Å². The van der Waals surface area contributed by atoms with Crippen LogP contribution in [0.1, 0.15) is 6.92 Å². The average Bonchev–Trinajstić information content (AvgIpc) is 2.05. The van der Waals surface area contributed by atoms with Crippen molar-refractivity contribution in [2.75, 3.05) is 0 Å². The predicted octanol–water partition coefficient (Wildman–Crippen LogP) is 1.44. The molecule has 0 amide bonds. The Bertz CT molecular complexity index is 260.